The summed E-state index contributed by atoms with van der Waals surface area (Å²) in [4.78, 5) is 26.0. The molecule has 2 saturated heterocycles. The van der Waals surface area contributed by atoms with E-state index < -0.39 is 5.54 Å². The minimum Gasteiger partial charge on any atom is -0.317 e. The minimum absolute atomic E-state index is 0.166. The minimum atomic E-state index is -0.712. The molecule has 1 spiro atoms. The zero-order chi connectivity index (χ0) is 13.5. The molecule has 0 saturated carbocycles. The van der Waals surface area contributed by atoms with Gasteiger partial charge in [0, 0.05) is 5.69 Å². The van der Waals surface area contributed by atoms with E-state index in [4.69, 9.17) is 0 Å². The van der Waals surface area contributed by atoms with E-state index in [0.29, 0.717) is 12.8 Å². The zero-order valence-electron chi connectivity index (χ0n) is 10.9. The summed E-state index contributed by atoms with van der Waals surface area (Å²) in [5.41, 5.74) is 1.16. The highest BCUT2D eigenvalue weighted by molar-refractivity contribution is 6.17. The number of imide groups is 1. The Kier molecular flexibility index (Phi) is 2.78. The third kappa shape index (κ3) is 1.81. The van der Waals surface area contributed by atoms with E-state index >= 15 is 0 Å². The van der Waals surface area contributed by atoms with Gasteiger partial charge in [0.1, 0.15) is 5.54 Å². The van der Waals surface area contributed by atoms with Crippen LogP contribution >= 0.6 is 0 Å². The fourth-order valence-electron chi connectivity index (χ4n) is 2.99. The molecule has 5 nitrogen and oxygen atoms in total. The summed E-state index contributed by atoms with van der Waals surface area (Å²) >= 11 is 0. The van der Waals surface area contributed by atoms with Gasteiger partial charge >= 0.3 is 6.03 Å². The van der Waals surface area contributed by atoms with Gasteiger partial charge in [-0.05, 0) is 50.6 Å². The van der Waals surface area contributed by atoms with Gasteiger partial charge < -0.3 is 5.32 Å². The molecule has 3 rings (SSSR count). The fraction of sp³-hybridized carbons (Fsp3) is 0.429. The zero-order valence-corrected chi connectivity index (χ0v) is 10.9. The lowest BCUT2D eigenvalue weighted by molar-refractivity contribution is -0.124. The highest BCUT2D eigenvalue weighted by atomic mass is 16.2. The molecule has 2 N–H and O–H groups in total. The molecule has 2 aliphatic heterocycles. The third-order valence-electron chi connectivity index (χ3n) is 3.96. The van der Waals surface area contributed by atoms with Gasteiger partial charge in [-0.25, -0.2) is 4.79 Å². The highest BCUT2D eigenvalue weighted by Crippen LogP contribution is 2.35. The normalized spacial score (nSPS) is 21.8. The van der Waals surface area contributed by atoms with E-state index in [1.54, 1.807) is 4.90 Å². The van der Waals surface area contributed by atoms with E-state index in [9.17, 15) is 9.59 Å². The molecule has 2 aliphatic rings. The van der Waals surface area contributed by atoms with Gasteiger partial charge in [-0.15, -0.1) is 0 Å². The summed E-state index contributed by atoms with van der Waals surface area (Å²) in [6.45, 7) is 3.49. The van der Waals surface area contributed by atoms with Crippen LogP contribution in [0.4, 0.5) is 10.5 Å². The molecule has 0 radical (unpaired) electrons. The van der Waals surface area contributed by atoms with Gasteiger partial charge in [0.15, 0.2) is 0 Å². The van der Waals surface area contributed by atoms with Crippen LogP contribution in [0, 0.1) is 6.92 Å². The van der Waals surface area contributed by atoms with Gasteiger partial charge in [-0.3, -0.25) is 15.0 Å². The molecular formula is C14H17N3O2. The van der Waals surface area contributed by atoms with Crippen LogP contribution in [0.3, 0.4) is 0 Å². The Balaban J connectivity index is 2.06. The SMILES string of the molecule is Cc1cccc(N2C(=O)NC(=O)C23CCNCC3)c1. The van der Waals surface area contributed by atoms with Gasteiger partial charge in [-0.1, -0.05) is 12.1 Å². The maximum Gasteiger partial charge on any atom is 0.329 e. The molecular weight excluding hydrogens is 242 g/mol. The average molecular weight is 259 g/mol. The van der Waals surface area contributed by atoms with Crippen LogP contribution in [0.25, 0.3) is 0 Å². The molecule has 0 bridgehead atoms. The third-order valence-corrected chi connectivity index (χ3v) is 3.96. The van der Waals surface area contributed by atoms with E-state index in [0.717, 1.165) is 24.3 Å². The van der Waals surface area contributed by atoms with Crippen LogP contribution < -0.4 is 15.5 Å². The van der Waals surface area contributed by atoms with E-state index in [1.807, 2.05) is 31.2 Å². The van der Waals surface area contributed by atoms with Crippen LogP contribution in [0.5, 0.6) is 0 Å². The summed E-state index contributed by atoms with van der Waals surface area (Å²) in [5, 5.41) is 5.70. The summed E-state index contributed by atoms with van der Waals surface area (Å²) in [7, 11) is 0. The van der Waals surface area contributed by atoms with E-state index in [1.165, 1.54) is 0 Å². The lowest BCUT2D eigenvalue weighted by Gasteiger charge is -2.38. The molecule has 0 unspecified atom stereocenters. The molecule has 3 amide bonds. The Morgan fingerprint density at radius 1 is 1.21 bits per heavy atom. The predicted molar refractivity (Wildman–Crippen MR) is 72.0 cm³/mol. The standard InChI is InChI=1S/C14H17N3O2/c1-10-3-2-4-11(9-10)17-13(19)16-12(18)14(17)5-7-15-8-6-14/h2-4,9,15H,5-8H2,1H3,(H,16,18,19). The number of benzene rings is 1. The molecule has 2 heterocycles. The van der Waals surface area contributed by atoms with Gasteiger partial charge in [0.2, 0.25) is 0 Å². The topological polar surface area (TPSA) is 61.4 Å². The number of aryl methyl sites for hydroxylation is 1. The average Bonchev–Trinajstić information content (AvgIpc) is 2.62. The number of nitrogens with one attached hydrogen (secondary N) is 2. The van der Waals surface area contributed by atoms with Gasteiger partial charge in [0.05, 0.1) is 0 Å². The summed E-state index contributed by atoms with van der Waals surface area (Å²) in [5.74, 6) is -0.166. The second kappa shape index (κ2) is 4.35. The van der Waals surface area contributed by atoms with Crippen LogP contribution in [0.1, 0.15) is 18.4 Å². The smallest absolute Gasteiger partial charge is 0.317 e. The van der Waals surface area contributed by atoms with Crippen molar-refractivity contribution in [3.8, 4) is 0 Å². The molecule has 5 heteroatoms. The van der Waals surface area contributed by atoms with Crippen molar-refractivity contribution in [2.24, 2.45) is 0 Å². The first kappa shape index (κ1) is 12.2. The molecule has 0 atom stereocenters. The van der Waals surface area contributed by atoms with Crippen molar-refractivity contribution in [1.82, 2.24) is 10.6 Å². The molecule has 1 aromatic carbocycles. The lowest BCUT2D eigenvalue weighted by Crippen LogP contribution is -2.56. The summed E-state index contributed by atoms with van der Waals surface area (Å²) in [6, 6.07) is 7.42. The number of piperidine rings is 1. The number of hydrogen-bond donors (Lipinski definition) is 2. The van der Waals surface area contributed by atoms with Crippen molar-refractivity contribution in [3.63, 3.8) is 0 Å². The van der Waals surface area contributed by atoms with Crippen LogP contribution in [-0.2, 0) is 4.79 Å². The quantitative estimate of drug-likeness (QED) is 0.744. The number of carbonyl (C=O) groups is 2. The number of urea groups is 1. The Morgan fingerprint density at radius 3 is 2.63 bits per heavy atom. The molecule has 19 heavy (non-hydrogen) atoms. The highest BCUT2D eigenvalue weighted by Gasteiger charge is 2.53. The Bertz CT molecular complexity index is 535. The Labute approximate surface area is 112 Å². The van der Waals surface area contributed by atoms with Crippen LogP contribution in [0.2, 0.25) is 0 Å². The number of rotatable bonds is 1. The fourth-order valence-corrected chi connectivity index (χ4v) is 2.99. The molecule has 2 fully saturated rings. The Morgan fingerprint density at radius 2 is 1.95 bits per heavy atom. The van der Waals surface area contributed by atoms with Crippen molar-refractivity contribution >= 4 is 17.6 Å². The number of nitrogens with zero attached hydrogens (tertiary/aromatic N) is 1. The number of carbonyl (C=O) groups excluding carboxylic acids is 2. The lowest BCUT2D eigenvalue weighted by atomic mass is 9.86. The number of hydrogen-bond acceptors (Lipinski definition) is 3. The first-order chi connectivity index (χ1) is 9.13. The van der Waals surface area contributed by atoms with Crippen molar-refractivity contribution in [2.75, 3.05) is 18.0 Å². The second-order valence-electron chi connectivity index (χ2n) is 5.22. The monoisotopic (exact) mass is 259 g/mol. The second-order valence-corrected chi connectivity index (χ2v) is 5.22. The predicted octanol–water partition coefficient (Wildman–Crippen LogP) is 1.17. The molecule has 0 aliphatic carbocycles. The summed E-state index contributed by atoms with van der Waals surface area (Å²) < 4.78 is 0. The van der Waals surface area contributed by atoms with Crippen LogP contribution in [0.15, 0.2) is 24.3 Å². The molecule has 1 aromatic rings. The first-order valence-corrected chi connectivity index (χ1v) is 6.56. The number of anilines is 1. The summed E-state index contributed by atoms with van der Waals surface area (Å²) in [6.07, 6.45) is 1.30. The maximum atomic E-state index is 12.2. The van der Waals surface area contributed by atoms with Crippen molar-refractivity contribution in [3.05, 3.63) is 29.8 Å². The first-order valence-electron chi connectivity index (χ1n) is 6.56. The van der Waals surface area contributed by atoms with Gasteiger partial charge in [-0.2, -0.15) is 0 Å². The molecule has 0 aromatic heterocycles. The van der Waals surface area contributed by atoms with Gasteiger partial charge in [0.25, 0.3) is 5.91 Å². The maximum absolute atomic E-state index is 12.2. The number of amides is 3. The van der Waals surface area contributed by atoms with Crippen molar-refractivity contribution in [2.45, 2.75) is 25.3 Å². The largest absolute Gasteiger partial charge is 0.329 e. The van der Waals surface area contributed by atoms with E-state index in [2.05, 4.69) is 10.6 Å². The molecule has 100 valence electrons. The van der Waals surface area contributed by atoms with Crippen molar-refractivity contribution in [1.29, 1.82) is 0 Å². The van der Waals surface area contributed by atoms with Crippen molar-refractivity contribution < 1.29 is 9.59 Å². The Hall–Kier alpha value is -1.88. The van der Waals surface area contributed by atoms with E-state index in [-0.39, 0.29) is 11.9 Å². The van der Waals surface area contributed by atoms with Crippen LogP contribution in [-0.4, -0.2) is 30.6 Å².